The van der Waals surface area contributed by atoms with Crippen LogP contribution >= 0.6 is 0 Å². The molecular weight excluding hydrogens is 320 g/mol. The molecule has 9 heteroatoms. The first-order valence-electron chi connectivity index (χ1n) is 8.31. The first kappa shape index (κ1) is 15.6. The van der Waals surface area contributed by atoms with E-state index in [0.29, 0.717) is 17.6 Å². The molecule has 1 aliphatic rings. The molecule has 1 atom stereocenters. The van der Waals surface area contributed by atoms with E-state index >= 15 is 0 Å². The first-order chi connectivity index (χ1) is 12.2. The average molecular weight is 340 g/mol. The van der Waals surface area contributed by atoms with Crippen molar-refractivity contribution in [3.05, 3.63) is 36.4 Å². The molecule has 0 aromatic carbocycles. The molecular formula is C16H20N8O. The van der Waals surface area contributed by atoms with E-state index in [9.17, 15) is 4.79 Å². The Hall–Kier alpha value is -2.94. The fourth-order valence-corrected chi connectivity index (χ4v) is 3.03. The summed E-state index contributed by atoms with van der Waals surface area (Å²) in [7, 11) is 1.90. The summed E-state index contributed by atoms with van der Waals surface area (Å²) in [5, 5.41) is 17.5. The Morgan fingerprint density at radius 3 is 3.08 bits per heavy atom. The van der Waals surface area contributed by atoms with Gasteiger partial charge in [-0.05, 0) is 25.5 Å². The third-order valence-electron chi connectivity index (χ3n) is 4.37. The minimum Gasteiger partial charge on any atom is -0.333 e. The number of carbonyl (C=O) groups is 1. The number of carbonyl (C=O) groups excluding carboxylic acids is 1. The molecule has 9 nitrogen and oxygen atoms in total. The summed E-state index contributed by atoms with van der Waals surface area (Å²) >= 11 is 0. The number of hydrogen-bond donors (Lipinski definition) is 3. The molecule has 130 valence electrons. The van der Waals surface area contributed by atoms with E-state index in [2.05, 4.69) is 30.9 Å². The van der Waals surface area contributed by atoms with Gasteiger partial charge in [-0.15, -0.1) is 0 Å². The Bertz CT molecular complexity index is 870. The van der Waals surface area contributed by atoms with E-state index in [4.69, 9.17) is 0 Å². The molecule has 0 radical (unpaired) electrons. The number of hydrogen-bond acceptors (Lipinski definition) is 5. The third kappa shape index (κ3) is 3.18. The number of piperidine rings is 1. The van der Waals surface area contributed by atoms with Crippen LogP contribution in [-0.2, 0) is 7.05 Å². The monoisotopic (exact) mass is 340 g/mol. The van der Waals surface area contributed by atoms with Crippen LogP contribution < -0.4 is 10.6 Å². The van der Waals surface area contributed by atoms with Crippen molar-refractivity contribution >= 4 is 11.7 Å². The molecule has 0 saturated carbocycles. The summed E-state index contributed by atoms with van der Waals surface area (Å²) in [4.78, 5) is 16.6. The van der Waals surface area contributed by atoms with Crippen LogP contribution in [0, 0.1) is 0 Å². The van der Waals surface area contributed by atoms with Crippen LogP contribution in [0.3, 0.4) is 0 Å². The summed E-state index contributed by atoms with van der Waals surface area (Å²) in [6, 6.07) is 3.79. The van der Waals surface area contributed by atoms with Gasteiger partial charge in [0.1, 0.15) is 5.69 Å². The van der Waals surface area contributed by atoms with Gasteiger partial charge in [0, 0.05) is 38.2 Å². The molecule has 4 rings (SSSR count). The lowest BCUT2D eigenvalue weighted by molar-refractivity contribution is 0.102. The van der Waals surface area contributed by atoms with Crippen molar-refractivity contribution in [3.8, 4) is 11.5 Å². The molecule has 3 aromatic rings. The fraction of sp³-hybridized carbons (Fsp3) is 0.375. The Morgan fingerprint density at radius 2 is 2.32 bits per heavy atom. The summed E-state index contributed by atoms with van der Waals surface area (Å²) in [6.07, 6.45) is 7.61. The highest BCUT2D eigenvalue weighted by Gasteiger charge is 2.18. The van der Waals surface area contributed by atoms with Gasteiger partial charge in [-0.25, -0.2) is 4.98 Å². The van der Waals surface area contributed by atoms with Crippen molar-refractivity contribution in [1.29, 1.82) is 0 Å². The third-order valence-corrected chi connectivity index (χ3v) is 4.37. The number of H-pyrrole nitrogens is 1. The summed E-state index contributed by atoms with van der Waals surface area (Å²) < 4.78 is 3.74. The van der Waals surface area contributed by atoms with Crippen molar-refractivity contribution in [1.82, 2.24) is 34.8 Å². The maximum absolute atomic E-state index is 12.4. The SMILES string of the molecule is Cn1ccnc1-c1cc(NC(=O)c2ccn(C3CCCNC3)n2)n[nH]1. The molecule has 0 bridgehead atoms. The molecule has 25 heavy (non-hydrogen) atoms. The molecule has 3 aromatic heterocycles. The first-order valence-corrected chi connectivity index (χ1v) is 8.31. The number of rotatable bonds is 4. The lowest BCUT2D eigenvalue weighted by Crippen LogP contribution is -2.32. The van der Waals surface area contributed by atoms with Crippen molar-refractivity contribution < 1.29 is 4.79 Å². The Balaban J connectivity index is 1.45. The van der Waals surface area contributed by atoms with Crippen molar-refractivity contribution in [2.75, 3.05) is 18.4 Å². The van der Waals surface area contributed by atoms with E-state index in [1.54, 1.807) is 18.3 Å². The van der Waals surface area contributed by atoms with Gasteiger partial charge in [0.15, 0.2) is 17.3 Å². The average Bonchev–Trinajstić information content (AvgIpc) is 3.36. The van der Waals surface area contributed by atoms with E-state index in [1.165, 1.54) is 0 Å². The van der Waals surface area contributed by atoms with E-state index in [0.717, 1.165) is 37.4 Å². The van der Waals surface area contributed by atoms with Crippen molar-refractivity contribution in [3.63, 3.8) is 0 Å². The van der Waals surface area contributed by atoms with Crippen LogP contribution in [0.1, 0.15) is 29.4 Å². The molecule has 0 aliphatic carbocycles. The second-order valence-electron chi connectivity index (χ2n) is 6.16. The number of aromatic amines is 1. The van der Waals surface area contributed by atoms with E-state index < -0.39 is 0 Å². The fourth-order valence-electron chi connectivity index (χ4n) is 3.03. The molecule has 1 aliphatic heterocycles. The number of aromatic nitrogens is 6. The van der Waals surface area contributed by atoms with Crippen LogP contribution in [0.2, 0.25) is 0 Å². The predicted octanol–water partition coefficient (Wildman–Crippen LogP) is 1.18. The van der Waals surface area contributed by atoms with Crippen LogP contribution in [0.4, 0.5) is 5.82 Å². The normalized spacial score (nSPS) is 17.6. The zero-order valence-corrected chi connectivity index (χ0v) is 13.9. The highest BCUT2D eigenvalue weighted by atomic mass is 16.2. The molecule has 0 spiro atoms. The number of nitrogens with zero attached hydrogens (tertiary/aromatic N) is 5. The van der Waals surface area contributed by atoms with Gasteiger partial charge in [-0.2, -0.15) is 10.2 Å². The molecule has 3 N–H and O–H groups in total. The Kier molecular flexibility index (Phi) is 4.06. The van der Waals surface area contributed by atoms with E-state index in [1.807, 2.05) is 28.7 Å². The maximum Gasteiger partial charge on any atom is 0.277 e. The van der Waals surface area contributed by atoms with Crippen LogP contribution in [0.25, 0.3) is 11.5 Å². The zero-order chi connectivity index (χ0) is 17.2. The van der Waals surface area contributed by atoms with Gasteiger partial charge >= 0.3 is 0 Å². The Labute approximate surface area is 144 Å². The van der Waals surface area contributed by atoms with E-state index in [-0.39, 0.29) is 5.91 Å². The van der Waals surface area contributed by atoms with Gasteiger partial charge in [-0.3, -0.25) is 14.6 Å². The van der Waals surface area contributed by atoms with Crippen LogP contribution in [-0.4, -0.2) is 48.5 Å². The zero-order valence-electron chi connectivity index (χ0n) is 13.9. The number of aryl methyl sites for hydroxylation is 1. The van der Waals surface area contributed by atoms with Crippen molar-refractivity contribution in [2.45, 2.75) is 18.9 Å². The number of imidazole rings is 1. The highest BCUT2D eigenvalue weighted by Crippen LogP contribution is 2.18. The minimum absolute atomic E-state index is 0.277. The number of anilines is 1. The topological polar surface area (TPSA) is 105 Å². The van der Waals surface area contributed by atoms with Crippen molar-refractivity contribution in [2.24, 2.45) is 7.05 Å². The lowest BCUT2D eigenvalue weighted by atomic mass is 10.1. The minimum atomic E-state index is -0.277. The lowest BCUT2D eigenvalue weighted by Gasteiger charge is -2.22. The summed E-state index contributed by atoms with van der Waals surface area (Å²) in [5.74, 6) is 0.916. The van der Waals surface area contributed by atoms with Gasteiger partial charge in [-0.1, -0.05) is 0 Å². The standard InChI is InChI=1S/C16H20N8O/c1-23-8-6-18-15(23)13-9-14(21-20-13)19-16(25)12-4-7-24(22-12)11-3-2-5-17-10-11/h4,6-9,11,17H,2-3,5,10H2,1H3,(H2,19,20,21,25). The Morgan fingerprint density at radius 1 is 1.40 bits per heavy atom. The quantitative estimate of drug-likeness (QED) is 0.661. The smallest absolute Gasteiger partial charge is 0.277 e. The van der Waals surface area contributed by atoms with Gasteiger partial charge in [0.2, 0.25) is 0 Å². The largest absolute Gasteiger partial charge is 0.333 e. The molecule has 1 fully saturated rings. The predicted molar refractivity (Wildman–Crippen MR) is 92.1 cm³/mol. The maximum atomic E-state index is 12.4. The molecule has 1 unspecified atom stereocenters. The van der Waals surface area contributed by atoms with Gasteiger partial charge < -0.3 is 15.2 Å². The highest BCUT2D eigenvalue weighted by molar-refractivity contribution is 6.02. The summed E-state index contributed by atoms with van der Waals surface area (Å²) in [6.45, 7) is 1.93. The second kappa shape index (κ2) is 6.52. The van der Waals surface area contributed by atoms with Crippen LogP contribution in [0.5, 0.6) is 0 Å². The second-order valence-corrected chi connectivity index (χ2v) is 6.16. The summed E-state index contributed by atoms with van der Waals surface area (Å²) in [5.41, 5.74) is 1.12. The molecule has 1 amide bonds. The van der Waals surface area contributed by atoms with Crippen LogP contribution in [0.15, 0.2) is 30.7 Å². The van der Waals surface area contributed by atoms with Gasteiger partial charge in [0.25, 0.3) is 5.91 Å². The molecule has 4 heterocycles. The number of amides is 1. The van der Waals surface area contributed by atoms with Gasteiger partial charge in [0.05, 0.1) is 6.04 Å². The number of nitrogens with one attached hydrogen (secondary N) is 3. The molecule has 1 saturated heterocycles.